The zero-order chi connectivity index (χ0) is 15.4. The average molecular weight is 360 g/mol. The Bertz CT molecular complexity index is 657. The highest BCUT2D eigenvalue weighted by molar-refractivity contribution is 9.10. The Morgan fingerprint density at radius 1 is 1.18 bits per heavy atom. The number of aryl methyl sites for hydroxylation is 1. The topological polar surface area (TPSA) is 38.3 Å². The van der Waals surface area contributed by atoms with Gasteiger partial charge in [0.15, 0.2) is 0 Å². The third-order valence-electron chi connectivity index (χ3n) is 3.93. The van der Waals surface area contributed by atoms with Crippen molar-refractivity contribution in [2.45, 2.75) is 31.9 Å². The standard InChI is InChI=1S/C18H18BrNO2/c19-16-8-6-15-11-17(9-7-14(15)10-16)20-18(21)22-12-13-4-2-1-3-5-13/h1-6,8,10,17H,7,9,11-12H2,(H,20,21). The highest BCUT2D eigenvalue weighted by atomic mass is 79.9. The minimum Gasteiger partial charge on any atom is -0.445 e. The molecule has 1 aliphatic rings. The number of halogens is 1. The lowest BCUT2D eigenvalue weighted by Crippen LogP contribution is -2.39. The van der Waals surface area contributed by atoms with Crippen LogP contribution in [-0.2, 0) is 24.2 Å². The number of nitrogens with one attached hydrogen (secondary N) is 1. The van der Waals surface area contributed by atoms with E-state index in [1.807, 2.05) is 30.3 Å². The van der Waals surface area contributed by atoms with E-state index in [1.165, 1.54) is 11.1 Å². The van der Waals surface area contributed by atoms with Crippen molar-refractivity contribution >= 4 is 22.0 Å². The summed E-state index contributed by atoms with van der Waals surface area (Å²) in [7, 11) is 0. The fourth-order valence-corrected chi connectivity index (χ4v) is 3.19. The third kappa shape index (κ3) is 3.89. The third-order valence-corrected chi connectivity index (χ3v) is 4.42. The second kappa shape index (κ2) is 6.97. The molecule has 1 atom stereocenters. The highest BCUT2D eigenvalue weighted by Crippen LogP contribution is 2.24. The van der Waals surface area contributed by atoms with E-state index >= 15 is 0 Å². The molecule has 1 N–H and O–H groups in total. The molecular weight excluding hydrogens is 342 g/mol. The van der Waals surface area contributed by atoms with E-state index in [1.54, 1.807) is 0 Å². The molecule has 3 nitrogen and oxygen atoms in total. The van der Waals surface area contributed by atoms with E-state index in [-0.39, 0.29) is 12.1 Å². The first-order valence-electron chi connectivity index (χ1n) is 7.45. The summed E-state index contributed by atoms with van der Waals surface area (Å²) in [5.41, 5.74) is 3.67. The average Bonchev–Trinajstić information content (AvgIpc) is 2.54. The fourth-order valence-electron chi connectivity index (χ4n) is 2.78. The molecule has 1 aliphatic carbocycles. The molecule has 0 heterocycles. The molecule has 0 bridgehead atoms. The first-order valence-corrected chi connectivity index (χ1v) is 8.24. The molecule has 2 aromatic carbocycles. The Labute approximate surface area is 138 Å². The SMILES string of the molecule is O=C(NC1CCc2cc(Br)ccc2C1)OCc1ccccc1. The molecule has 1 amide bonds. The Morgan fingerprint density at radius 3 is 2.82 bits per heavy atom. The molecule has 3 rings (SSSR count). The lowest BCUT2D eigenvalue weighted by molar-refractivity contribution is 0.134. The summed E-state index contributed by atoms with van der Waals surface area (Å²) in [6.07, 6.45) is 2.46. The van der Waals surface area contributed by atoms with Gasteiger partial charge in [-0.25, -0.2) is 4.79 Å². The predicted molar refractivity (Wildman–Crippen MR) is 89.7 cm³/mol. The summed E-state index contributed by atoms with van der Waals surface area (Å²) in [6.45, 7) is 0.308. The number of ether oxygens (including phenoxy) is 1. The molecule has 114 valence electrons. The van der Waals surface area contributed by atoms with E-state index in [0.717, 1.165) is 29.3 Å². The van der Waals surface area contributed by atoms with Crippen molar-refractivity contribution in [1.29, 1.82) is 0 Å². The monoisotopic (exact) mass is 359 g/mol. The van der Waals surface area contributed by atoms with Gasteiger partial charge < -0.3 is 10.1 Å². The molecule has 0 spiro atoms. The molecule has 0 saturated heterocycles. The molecule has 2 aromatic rings. The molecule has 0 radical (unpaired) electrons. The van der Waals surface area contributed by atoms with Gasteiger partial charge in [0, 0.05) is 10.5 Å². The van der Waals surface area contributed by atoms with Crippen LogP contribution in [0.2, 0.25) is 0 Å². The summed E-state index contributed by atoms with van der Waals surface area (Å²) in [4.78, 5) is 11.9. The lowest BCUT2D eigenvalue weighted by atomic mass is 9.88. The van der Waals surface area contributed by atoms with Gasteiger partial charge in [-0.1, -0.05) is 52.3 Å². The van der Waals surface area contributed by atoms with Crippen LogP contribution in [0.25, 0.3) is 0 Å². The van der Waals surface area contributed by atoms with Crippen molar-refractivity contribution in [2.24, 2.45) is 0 Å². The number of rotatable bonds is 3. The van der Waals surface area contributed by atoms with Crippen LogP contribution in [0.5, 0.6) is 0 Å². The molecule has 1 unspecified atom stereocenters. The Morgan fingerprint density at radius 2 is 2.00 bits per heavy atom. The maximum atomic E-state index is 11.9. The van der Waals surface area contributed by atoms with Crippen LogP contribution in [0.3, 0.4) is 0 Å². The van der Waals surface area contributed by atoms with Crippen LogP contribution in [0.15, 0.2) is 53.0 Å². The van der Waals surface area contributed by atoms with E-state index in [4.69, 9.17) is 4.74 Å². The molecule has 4 heteroatoms. The van der Waals surface area contributed by atoms with Gasteiger partial charge in [0.1, 0.15) is 6.61 Å². The first-order chi connectivity index (χ1) is 10.7. The van der Waals surface area contributed by atoms with Gasteiger partial charge in [-0.2, -0.15) is 0 Å². The van der Waals surface area contributed by atoms with Crippen molar-refractivity contribution < 1.29 is 9.53 Å². The van der Waals surface area contributed by atoms with Crippen LogP contribution in [0.4, 0.5) is 4.79 Å². The number of amides is 1. The minimum absolute atomic E-state index is 0.150. The zero-order valence-electron chi connectivity index (χ0n) is 12.2. The van der Waals surface area contributed by atoms with Crippen molar-refractivity contribution in [3.05, 3.63) is 69.7 Å². The Balaban J connectivity index is 1.51. The van der Waals surface area contributed by atoms with Crippen molar-refractivity contribution in [1.82, 2.24) is 5.32 Å². The van der Waals surface area contributed by atoms with Gasteiger partial charge in [0.2, 0.25) is 0 Å². The van der Waals surface area contributed by atoms with E-state index in [0.29, 0.717) is 6.61 Å². The predicted octanol–water partition coefficient (Wildman–Crippen LogP) is 4.23. The van der Waals surface area contributed by atoms with Gasteiger partial charge in [0.25, 0.3) is 0 Å². The van der Waals surface area contributed by atoms with Crippen LogP contribution in [-0.4, -0.2) is 12.1 Å². The number of hydrogen-bond donors (Lipinski definition) is 1. The largest absolute Gasteiger partial charge is 0.445 e. The van der Waals surface area contributed by atoms with E-state index < -0.39 is 0 Å². The Hall–Kier alpha value is -1.81. The summed E-state index contributed by atoms with van der Waals surface area (Å²) < 4.78 is 6.39. The number of carbonyl (C=O) groups excluding carboxylic acids is 1. The van der Waals surface area contributed by atoms with Crippen LogP contribution < -0.4 is 5.32 Å². The van der Waals surface area contributed by atoms with Crippen LogP contribution >= 0.6 is 15.9 Å². The molecule has 0 fully saturated rings. The van der Waals surface area contributed by atoms with E-state index in [2.05, 4.69) is 39.4 Å². The molecule has 0 aliphatic heterocycles. The van der Waals surface area contributed by atoms with Crippen LogP contribution in [0.1, 0.15) is 23.1 Å². The quantitative estimate of drug-likeness (QED) is 0.890. The number of hydrogen-bond acceptors (Lipinski definition) is 2. The highest BCUT2D eigenvalue weighted by Gasteiger charge is 2.20. The molecule has 22 heavy (non-hydrogen) atoms. The molecule has 0 saturated carbocycles. The maximum Gasteiger partial charge on any atom is 0.407 e. The molecular formula is C18H18BrNO2. The van der Waals surface area contributed by atoms with Crippen molar-refractivity contribution in [2.75, 3.05) is 0 Å². The number of alkyl carbamates (subject to hydrolysis) is 1. The summed E-state index contributed by atoms with van der Waals surface area (Å²) in [6, 6.07) is 16.2. The number of carbonyl (C=O) groups is 1. The Kier molecular flexibility index (Phi) is 4.78. The second-order valence-corrected chi connectivity index (χ2v) is 6.47. The minimum atomic E-state index is -0.339. The zero-order valence-corrected chi connectivity index (χ0v) is 13.8. The van der Waals surface area contributed by atoms with Gasteiger partial charge >= 0.3 is 6.09 Å². The van der Waals surface area contributed by atoms with Gasteiger partial charge in [0.05, 0.1) is 0 Å². The summed E-state index contributed by atoms with van der Waals surface area (Å²) >= 11 is 3.50. The first kappa shape index (κ1) is 15.1. The van der Waals surface area contributed by atoms with Gasteiger partial charge in [-0.05, 0) is 48.1 Å². The number of benzene rings is 2. The van der Waals surface area contributed by atoms with Crippen molar-refractivity contribution in [3.63, 3.8) is 0 Å². The maximum absolute atomic E-state index is 11.9. The lowest BCUT2D eigenvalue weighted by Gasteiger charge is -2.25. The number of fused-ring (bicyclic) bond motifs is 1. The van der Waals surface area contributed by atoms with Crippen molar-refractivity contribution in [3.8, 4) is 0 Å². The second-order valence-electron chi connectivity index (χ2n) is 5.56. The summed E-state index contributed by atoms with van der Waals surface area (Å²) in [5, 5.41) is 2.97. The molecule has 0 aromatic heterocycles. The van der Waals surface area contributed by atoms with Gasteiger partial charge in [-0.3, -0.25) is 0 Å². The summed E-state index contributed by atoms with van der Waals surface area (Å²) in [5.74, 6) is 0. The fraction of sp³-hybridized carbons (Fsp3) is 0.278. The normalized spacial score (nSPS) is 16.7. The van der Waals surface area contributed by atoms with Gasteiger partial charge in [-0.15, -0.1) is 0 Å². The smallest absolute Gasteiger partial charge is 0.407 e. The van der Waals surface area contributed by atoms with Crippen LogP contribution in [0, 0.1) is 0 Å². The van der Waals surface area contributed by atoms with E-state index in [9.17, 15) is 4.79 Å².